The van der Waals surface area contributed by atoms with Crippen molar-refractivity contribution in [1.82, 2.24) is 0 Å². The molecule has 142 valence electrons. The topological polar surface area (TPSA) is 52.6 Å². The summed E-state index contributed by atoms with van der Waals surface area (Å²) < 4.78 is 11.7. The second kappa shape index (κ2) is 6.57. The Hall–Kier alpha value is -2.43. The van der Waals surface area contributed by atoms with Gasteiger partial charge in [-0.1, -0.05) is 36.7 Å². The van der Waals surface area contributed by atoms with Gasteiger partial charge in [-0.3, -0.25) is 9.59 Å². The van der Waals surface area contributed by atoms with Crippen LogP contribution in [0.5, 0.6) is 11.5 Å². The van der Waals surface area contributed by atoms with Crippen LogP contribution in [0.2, 0.25) is 5.02 Å². The molecule has 2 aromatic carbocycles. The Labute approximate surface area is 168 Å². The number of carbonyl (C=O) groups excluding carboxylic acids is 2. The van der Waals surface area contributed by atoms with Crippen molar-refractivity contribution in [3.63, 3.8) is 0 Å². The van der Waals surface area contributed by atoms with Crippen LogP contribution in [0, 0.1) is 11.8 Å². The lowest BCUT2D eigenvalue weighted by Gasteiger charge is -2.17. The molecule has 0 aromatic heterocycles. The zero-order chi connectivity index (χ0) is 19.4. The van der Waals surface area contributed by atoms with Crippen LogP contribution in [-0.4, -0.2) is 23.8 Å². The number of aryl methyl sites for hydroxylation is 1. The fourth-order valence-corrected chi connectivity index (χ4v) is 4.81. The number of Topliss-reactive ketones (excluding diaryl/α,β-unsaturated/α-hetero) is 2. The lowest BCUT2D eigenvalue weighted by atomic mass is 9.85. The first-order chi connectivity index (χ1) is 13.6. The van der Waals surface area contributed by atoms with E-state index >= 15 is 0 Å². The van der Waals surface area contributed by atoms with Gasteiger partial charge in [0.25, 0.3) is 0 Å². The standard InChI is InChI=1S/C23H19ClO4/c1-2-12-3-6-15(27-14-7-4-13(24)5-8-14)11-16(12)19-22(25)20-17-9-10-18(28-17)21(20)23(19)26/h3-11,17-21H,2H2,1H3/t17-,18+,19?,20-,21+. The third-order valence-corrected chi connectivity index (χ3v) is 6.24. The summed E-state index contributed by atoms with van der Waals surface area (Å²) in [5.74, 6) is -0.222. The molecule has 3 aliphatic rings. The van der Waals surface area contributed by atoms with E-state index in [2.05, 4.69) is 0 Å². The molecule has 5 heteroatoms. The normalized spacial score (nSPS) is 30.1. The van der Waals surface area contributed by atoms with E-state index in [-0.39, 0.29) is 35.6 Å². The molecule has 0 amide bonds. The summed E-state index contributed by atoms with van der Waals surface area (Å²) in [6, 6.07) is 12.7. The van der Waals surface area contributed by atoms with Gasteiger partial charge in [0.15, 0.2) is 11.6 Å². The first-order valence-corrected chi connectivity index (χ1v) is 9.92. The molecule has 2 aromatic rings. The highest BCUT2D eigenvalue weighted by Crippen LogP contribution is 2.50. The fraction of sp³-hybridized carbons (Fsp3) is 0.304. The molecule has 0 radical (unpaired) electrons. The molecule has 28 heavy (non-hydrogen) atoms. The molecule has 1 unspecified atom stereocenters. The Morgan fingerprint density at radius 3 is 2.14 bits per heavy atom. The highest BCUT2D eigenvalue weighted by Gasteiger charge is 2.61. The molecule has 0 spiro atoms. The van der Waals surface area contributed by atoms with E-state index in [9.17, 15) is 9.59 Å². The lowest BCUT2D eigenvalue weighted by molar-refractivity contribution is -0.127. The summed E-state index contributed by atoms with van der Waals surface area (Å²) in [5, 5.41) is 0.633. The highest BCUT2D eigenvalue weighted by molar-refractivity contribution is 6.30. The summed E-state index contributed by atoms with van der Waals surface area (Å²) in [6.45, 7) is 2.03. The van der Waals surface area contributed by atoms with E-state index in [0.29, 0.717) is 16.5 Å². The second-order valence-electron chi connectivity index (χ2n) is 7.51. The molecule has 1 aliphatic carbocycles. The number of rotatable bonds is 4. The second-order valence-corrected chi connectivity index (χ2v) is 7.95. The quantitative estimate of drug-likeness (QED) is 0.566. The molecule has 2 heterocycles. The number of fused-ring (bicyclic) bond motifs is 5. The monoisotopic (exact) mass is 394 g/mol. The minimum absolute atomic E-state index is 0.0230. The van der Waals surface area contributed by atoms with Crippen LogP contribution in [0.4, 0.5) is 0 Å². The minimum atomic E-state index is -0.729. The van der Waals surface area contributed by atoms with Crippen molar-refractivity contribution in [2.45, 2.75) is 31.5 Å². The van der Waals surface area contributed by atoms with E-state index in [1.54, 1.807) is 24.3 Å². The van der Waals surface area contributed by atoms with Crippen LogP contribution < -0.4 is 4.74 Å². The summed E-state index contributed by atoms with van der Waals surface area (Å²) >= 11 is 5.93. The zero-order valence-electron chi connectivity index (χ0n) is 15.3. The Balaban J connectivity index is 1.50. The van der Waals surface area contributed by atoms with Crippen molar-refractivity contribution in [3.8, 4) is 11.5 Å². The van der Waals surface area contributed by atoms with E-state index in [0.717, 1.165) is 17.5 Å². The number of hydrogen-bond acceptors (Lipinski definition) is 4. The van der Waals surface area contributed by atoms with Crippen molar-refractivity contribution in [2.75, 3.05) is 0 Å². The van der Waals surface area contributed by atoms with Gasteiger partial charge >= 0.3 is 0 Å². The number of carbonyl (C=O) groups is 2. The molecular weight excluding hydrogens is 376 g/mol. The van der Waals surface area contributed by atoms with Gasteiger partial charge < -0.3 is 9.47 Å². The Bertz CT molecular complexity index is 964. The molecule has 2 aliphatic heterocycles. The van der Waals surface area contributed by atoms with E-state index in [1.165, 1.54) is 0 Å². The summed E-state index contributed by atoms with van der Waals surface area (Å²) in [4.78, 5) is 26.3. The van der Waals surface area contributed by atoms with Crippen molar-refractivity contribution in [2.24, 2.45) is 11.8 Å². The first-order valence-electron chi connectivity index (χ1n) is 9.54. The van der Waals surface area contributed by atoms with Gasteiger partial charge in [0, 0.05) is 5.02 Å². The molecule has 2 fully saturated rings. The molecule has 5 rings (SSSR count). The number of hydrogen-bond donors (Lipinski definition) is 0. The molecule has 1 saturated carbocycles. The average molecular weight is 395 g/mol. The van der Waals surface area contributed by atoms with Crippen LogP contribution in [0.3, 0.4) is 0 Å². The number of benzene rings is 2. The summed E-state index contributed by atoms with van der Waals surface area (Å²) in [5.41, 5.74) is 1.76. The average Bonchev–Trinajstić information content (AvgIpc) is 3.37. The van der Waals surface area contributed by atoms with Gasteiger partial charge in [-0.05, 0) is 53.9 Å². The van der Waals surface area contributed by atoms with Crippen LogP contribution >= 0.6 is 11.6 Å². The SMILES string of the molecule is CCc1ccc(Oc2ccc(Cl)cc2)cc1C1C(=O)[C@@H]2[C@H](C1=O)[C@H]1C=C[C@@H]2O1. The van der Waals surface area contributed by atoms with E-state index < -0.39 is 5.92 Å². The Morgan fingerprint density at radius 2 is 1.54 bits per heavy atom. The lowest BCUT2D eigenvalue weighted by Crippen LogP contribution is -2.26. The Kier molecular flexibility index (Phi) is 4.14. The van der Waals surface area contributed by atoms with Crippen molar-refractivity contribution in [1.29, 1.82) is 0 Å². The van der Waals surface area contributed by atoms with Crippen LogP contribution in [0.1, 0.15) is 24.0 Å². The molecule has 0 N–H and O–H groups in total. The molecule has 1 saturated heterocycles. The smallest absolute Gasteiger partial charge is 0.154 e. The number of ether oxygens (including phenoxy) is 2. The van der Waals surface area contributed by atoms with Gasteiger partial charge in [-0.25, -0.2) is 0 Å². The van der Waals surface area contributed by atoms with Crippen molar-refractivity contribution < 1.29 is 19.1 Å². The third kappa shape index (κ3) is 2.63. The van der Waals surface area contributed by atoms with Crippen LogP contribution in [0.25, 0.3) is 0 Å². The predicted molar refractivity (Wildman–Crippen MR) is 105 cm³/mol. The largest absolute Gasteiger partial charge is 0.457 e. The van der Waals surface area contributed by atoms with E-state index in [4.69, 9.17) is 21.1 Å². The predicted octanol–water partition coefficient (Wildman–Crippen LogP) is 4.50. The zero-order valence-corrected chi connectivity index (χ0v) is 16.1. The van der Waals surface area contributed by atoms with Gasteiger partial charge in [-0.2, -0.15) is 0 Å². The van der Waals surface area contributed by atoms with E-state index in [1.807, 2.05) is 37.3 Å². The number of ketones is 2. The summed E-state index contributed by atoms with van der Waals surface area (Å²) in [6.07, 6.45) is 4.07. The van der Waals surface area contributed by atoms with Crippen molar-refractivity contribution in [3.05, 3.63) is 70.8 Å². The maximum absolute atomic E-state index is 13.2. The maximum atomic E-state index is 13.2. The fourth-order valence-electron chi connectivity index (χ4n) is 4.68. The molecule has 5 atom stereocenters. The number of halogens is 1. The van der Waals surface area contributed by atoms with Crippen LogP contribution in [0.15, 0.2) is 54.6 Å². The minimum Gasteiger partial charge on any atom is -0.457 e. The van der Waals surface area contributed by atoms with Gasteiger partial charge in [0.1, 0.15) is 17.4 Å². The summed E-state index contributed by atoms with van der Waals surface area (Å²) in [7, 11) is 0. The van der Waals surface area contributed by atoms with Crippen LogP contribution in [-0.2, 0) is 20.7 Å². The maximum Gasteiger partial charge on any atom is 0.154 e. The molecular formula is C23H19ClO4. The highest BCUT2D eigenvalue weighted by atomic mass is 35.5. The Morgan fingerprint density at radius 1 is 0.929 bits per heavy atom. The third-order valence-electron chi connectivity index (χ3n) is 5.98. The van der Waals surface area contributed by atoms with Crippen molar-refractivity contribution >= 4 is 23.2 Å². The van der Waals surface area contributed by atoms with Gasteiger partial charge in [-0.15, -0.1) is 0 Å². The van der Waals surface area contributed by atoms with Gasteiger partial charge in [0.2, 0.25) is 0 Å². The molecule has 4 nitrogen and oxygen atoms in total. The van der Waals surface area contributed by atoms with Gasteiger partial charge in [0.05, 0.1) is 24.0 Å². The first kappa shape index (κ1) is 17.7. The molecule has 2 bridgehead atoms.